The molecule has 1 saturated carbocycles. The molecule has 1 aromatic carbocycles. The number of ether oxygens (including phenoxy) is 1. The van der Waals surface area contributed by atoms with Crippen LogP contribution >= 0.6 is 0 Å². The van der Waals surface area contributed by atoms with Crippen LogP contribution in [0.3, 0.4) is 0 Å². The van der Waals surface area contributed by atoms with Gasteiger partial charge in [0, 0.05) is 18.1 Å². The molecule has 1 N–H and O–H groups in total. The average Bonchev–Trinajstić information content (AvgIpc) is 3.01. The number of rotatable bonds is 5. The zero-order valence-electron chi connectivity index (χ0n) is 9.70. The highest BCUT2D eigenvalue weighted by atomic mass is 19.1. The fraction of sp³-hybridized carbons (Fsp3) is 0.462. The fourth-order valence-electron chi connectivity index (χ4n) is 2.16. The van der Waals surface area contributed by atoms with Crippen molar-refractivity contribution in [2.45, 2.75) is 31.3 Å². The van der Waals surface area contributed by atoms with E-state index in [0.29, 0.717) is 5.56 Å². The summed E-state index contributed by atoms with van der Waals surface area (Å²) in [6.07, 6.45) is 1.72. The molecule has 0 atom stereocenters. The van der Waals surface area contributed by atoms with Gasteiger partial charge in [-0.05, 0) is 24.5 Å². The summed E-state index contributed by atoms with van der Waals surface area (Å²) in [6.45, 7) is 0.234. The molecule has 0 bridgehead atoms. The summed E-state index contributed by atoms with van der Waals surface area (Å²) in [5, 5.41) is 8.84. The second kappa shape index (κ2) is 4.45. The predicted octanol–water partition coefficient (Wildman–Crippen LogP) is 2.48. The normalized spacial score (nSPS) is 16.8. The van der Waals surface area contributed by atoms with Gasteiger partial charge in [0.1, 0.15) is 5.82 Å². The summed E-state index contributed by atoms with van der Waals surface area (Å²) in [7, 11) is 1.51. The molecular formula is C13H15FO3. The van der Waals surface area contributed by atoms with Crippen molar-refractivity contribution >= 4 is 5.97 Å². The van der Waals surface area contributed by atoms with Gasteiger partial charge in [0.15, 0.2) is 0 Å². The molecule has 0 heterocycles. The Hall–Kier alpha value is -1.42. The van der Waals surface area contributed by atoms with Crippen molar-refractivity contribution in [3.05, 3.63) is 35.1 Å². The van der Waals surface area contributed by atoms with Crippen molar-refractivity contribution in [3.63, 3.8) is 0 Å². The number of hydrogen-bond acceptors (Lipinski definition) is 2. The second-order valence-corrected chi connectivity index (χ2v) is 4.59. The lowest BCUT2D eigenvalue weighted by molar-refractivity contribution is -0.137. The Labute approximate surface area is 99.2 Å². The van der Waals surface area contributed by atoms with Crippen LogP contribution in [-0.2, 0) is 21.6 Å². The van der Waals surface area contributed by atoms with Gasteiger partial charge in [-0.15, -0.1) is 0 Å². The highest BCUT2D eigenvalue weighted by Gasteiger charge is 2.46. The minimum absolute atomic E-state index is 0.0794. The lowest BCUT2D eigenvalue weighted by Crippen LogP contribution is -2.13. The first-order chi connectivity index (χ1) is 8.07. The van der Waals surface area contributed by atoms with Crippen molar-refractivity contribution in [1.29, 1.82) is 0 Å². The summed E-state index contributed by atoms with van der Waals surface area (Å²) in [4.78, 5) is 10.8. The SMILES string of the molecule is COCc1ccc(C2(CC(=O)O)CC2)cc1F. The maximum Gasteiger partial charge on any atom is 0.304 e. The standard InChI is InChI=1S/C13H15FO3/c1-17-8-9-2-3-10(6-11(9)14)13(4-5-13)7-12(15)16/h2-3,6H,4-5,7-8H2,1H3,(H,15,16). The number of methoxy groups -OCH3 is 1. The van der Waals surface area contributed by atoms with Gasteiger partial charge in [-0.1, -0.05) is 12.1 Å². The van der Waals surface area contributed by atoms with Crippen molar-refractivity contribution in [2.24, 2.45) is 0 Å². The number of carbonyl (C=O) groups is 1. The maximum absolute atomic E-state index is 13.7. The van der Waals surface area contributed by atoms with Gasteiger partial charge in [-0.2, -0.15) is 0 Å². The van der Waals surface area contributed by atoms with E-state index < -0.39 is 5.97 Å². The van der Waals surface area contributed by atoms with Crippen molar-refractivity contribution in [2.75, 3.05) is 7.11 Å². The quantitative estimate of drug-likeness (QED) is 0.857. The van der Waals surface area contributed by atoms with Gasteiger partial charge in [0.2, 0.25) is 0 Å². The molecule has 1 aliphatic carbocycles. The van der Waals surface area contributed by atoms with Gasteiger partial charge in [0.05, 0.1) is 13.0 Å². The number of carboxylic acid groups (broad SMARTS) is 1. The van der Waals surface area contributed by atoms with Crippen LogP contribution in [-0.4, -0.2) is 18.2 Å². The van der Waals surface area contributed by atoms with Crippen LogP contribution in [0.5, 0.6) is 0 Å². The summed E-state index contributed by atoms with van der Waals surface area (Å²) in [6, 6.07) is 4.94. The van der Waals surface area contributed by atoms with Crippen molar-refractivity contribution in [3.8, 4) is 0 Å². The van der Waals surface area contributed by atoms with Gasteiger partial charge in [-0.3, -0.25) is 4.79 Å². The Morgan fingerprint density at radius 3 is 2.71 bits per heavy atom. The van der Waals surface area contributed by atoms with Gasteiger partial charge in [0.25, 0.3) is 0 Å². The minimum atomic E-state index is -0.830. The molecular weight excluding hydrogens is 223 g/mol. The van der Waals surface area contributed by atoms with Gasteiger partial charge < -0.3 is 9.84 Å². The summed E-state index contributed by atoms with van der Waals surface area (Å²) < 4.78 is 18.6. The molecule has 0 amide bonds. The van der Waals surface area contributed by atoms with E-state index in [1.54, 1.807) is 6.07 Å². The minimum Gasteiger partial charge on any atom is -0.481 e. The molecule has 0 saturated heterocycles. The molecule has 0 aliphatic heterocycles. The highest BCUT2D eigenvalue weighted by Crippen LogP contribution is 2.51. The zero-order chi connectivity index (χ0) is 12.5. The van der Waals surface area contributed by atoms with E-state index in [1.807, 2.05) is 6.07 Å². The van der Waals surface area contributed by atoms with E-state index >= 15 is 0 Å². The second-order valence-electron chi connectivity index (χ2n) is 4.59. The van der Waals surface area contributed by atoms with Crippen LogP contribution in [0.15, 0.2) is 18.2 Å². The van der Waals surface area contributed by atoms with E-state index in [2.05, 4.69) is 0 Å². The Kier molecular flexibility index (Phi) is 3.15. The van der Waals surface area contributed by atoms with Gasteiger partial charge >= 0.3 is 5.97 Å². The van der Waals surface area contributed by atoms with E-state index in [1.165, 1.54) is 13.2 Å². The van der Waals surface area contributed by atoms with Crippen molar-refractivity contribution < 1.29 is 19.0 Å². The fourth-order valence-corrected chi connectivity index (χ4v) is 2.16. The predicted molar refractivity (Wildman–Crippen MR) is 60.3 cm³/mol. The smallest absolute Gasteiger partial charge is 0.304 e. The number of aliphatic carboxylic acids is 1. The largest absolute Gasteiger partial charge is 0.481 e. The Morgan fingerprint density at radius 1 is 1.53 bits per heavy atom. The molecule has 2 rings (SSSR count). The van der Waals surface area contributed by atoms with E-state index in [-0.39, 0.29) is 24.3 Å². The summed E-state index contributed by atoms with van der Waals surface area (Å²) in [5.74, 6) is -1.15. The first kappa shape index (κ1) is 12.0. The van der Waals surface area contributed by atoms with Crippen LogP contribution in [0.1, 0.15) is 30.4 Å². The Bertz CT molecular complexity index is 438. The van der Waals surface area contributed by atoms with E-state index in [4.69, 9.17) is 9.84 Å². The van der Waals surface area contributed by atoms with E-state index in [0.717, 1.165) is 18.4 Å². The first-order valence-corrected chi connectivity index (χ1v) is 5.57. The van der Waals surface area contributed by atoms with Crippen LogP contribution in [0.2, 0.25) is 0 Å². The summed E-state index contributed by atoms with van der Waals surface area (Å²) >= 11 is 0. The monoisotopic (exact) mass is 238 g/mol. The average molecular weight is 238 g/mol. The van der Waals surface area contributed by atoms with Crippen LogP contribution in [0, 0.1) is 5.82 Å². The molecule has 17 heavy (non-hydrogen) atoms. The molecule has 1 aromatic rings. The Balaban J connectivity index is 2.23. The topological polar surface area (TPSA) is 46.5 Å². The van der Waals surface area contributed by atoms with Crippen LogP contribution in [0.4, 0.5) is 4.39 Å². The van der Waals surface area contributed by atoms with Crippen LogP contribution < -0.4 is 0 Å². The third kappa shape index (κ3) is 2.47. The molecule has 92 valence electrons. The van der Waals surface area contributed by atoms with E-state index in [9.17, 15) is 9.18 Å². The maximum atomic E-state index is 13.7. The zero-order valence-corrected chi connectivity index (χ0v) is 9.70. The third-order valence-corrected chi connectivity index (χ3v) is 3.31. The van der Waals surface area contributed by atoms with Crippen LogP contribution in [0.25, 0.3) is 0 Å². The summed E-state index contributed by atoms with van der Waals surface area (Å²) in [5.41, 5.74) is 0.956. The van der Waals surface area contributed by atoms with Gasteiger partial charge in [-0.25, -0.2) is 4.39 Å². The molecule has 1 fully saturated rings. The third-order valence-electron chi connectivity index (χ3n) is 3.31. The number of halogens is 1. The molecule has 0 unspecified atom stereocenters. The number of hydrogen-bond donors (Lipinski definition) is 1. The number of benzene rings is 1. The lowest BCUT2D eigenvalue weighted by Gasteiger charge is -2.14. The molecule has 0 aromatic heterocycles. The number of carboxylic acids is 1. The first-order valence-electron chi connectivity index (χ1n) is 5.57. The molecule has 0 radical (unpaired) electrons. The molecule has 1 aliphatic rings. The Morgan fingerprint density at radius 2 is 2.24 bits per heavy atom. The van der Waals surface area contributed by atoms with Crippen molar-refractivity contribution in [1.82, 2.24) is 0 Å². The lowest BCUT2D eigenvalue weighted by atomic mass is 9.91. The highest BCUT2D eigenvalue weighted by molar-refractivity contribution is 5.70. The molecule has 3 nitrogen and oxygen atoms in total. The molecule has 4 heteroatoms. The molecule has 0 spiro atoms.